The van der Waals surface area contributed by atoms with Crippen LogP contribution in [0.3, 0.4) is 0 Å². The van der Waals surface area contributed by atoms with Gasteiger partial charge in [-0.3, -0.25) is 9.78 Å². The molecule has 0 aliphatic heterocycles. The van der Waals surface area contributed by atoms with E-state index in [4.69, 9.17) is 4.74 Å². The molecule has 0 unspecified atom stereocenters. The largest absolute Gasteiger partial charge is 0.466 e. The fourth-order valence-electron chi connectivity index (χ4n) is 4.69. The lowest BCUT2D eigenvalue weighted by molar-refractivity contribution is -0.143. The molecule has 0 aliphatic rings. The van der Waals surface area contributed by atoms with Crippen LogP contribution in [0, 0.1) is 0 Å². The Morgan fingerprint density at radius 1 is 0.844 bits per heavy atom. The van der Waals surface area contributed by atoms with E-state index in [0.717, 1.165) is 17.3 Å². The van der Waals surface area contributed by atoms with E-state index in [0.29, 0.717) is 23.4 Å². The Hall–Kier alpha value is -4.93. The van der Waals surface area contributed by atoms with Crippen molar-refractivity contribution in [1.82, 2.24) is 4.98 Å². The van der Waals surface area contributed by atoms with Crippen molar-refractivity contribution in [2.75, 3.05) is 12.0 Å². The molecular weight excluding hydrogens is 598 g/mol. The van der Waals surface area contributed by atoms with Crippen molar-refractivity contribution in [2.45, 2.75) is 38.7 Å². The lowest BCUT2D eigenvalue weighted by atomic mass is 9.95. The van der Waals surface area contributed by atoms with Crippen LogP contribution in [-0.2, 0) is 28.4 Å². The first-order valence-corrected chi connectivity index (χ1v) is 13.7. The summed E-state index contributed by atoms with van der Waals surface area (Å²) >= 11 is 0. The Kier molecular flexibility index (Phi) is 9.80. The summed E-state index contributed by atoms with van der Waals surface area (Å²) in [5, 5.41) is 0. The van der Waals surface area contributed by atoms with Crippen molar-refractivity contribution >= 4 is 23.6 Å². The topological polar surface area (TPSA) is 59.5 Å². The van der Waals surface area contributed by atoms with Crippen LogP contribution in [0.1, 0.15) is 58.1 Å². The van der Waals surface area contributed by atoms with E-state index in [1.807, 2.05) is 50.2 Å². The number of halogens is 6. The number of benzene rings is 3. The van der Waals surface area contributed by atoms with E-state index in [1.165, 1.54) is 36.3 Å². The third-order valence-electron chi connectivity index (χ3n) is 6.92. The van der Waals surface area contributed by atoms with Crippen LogP contribution in [0.15, 0.2) is 91.1 Å². The minimum absolute atomic E-state index is 0.0398. The number of rotatable bonds is 8. The highest BCUT2D eigenvalue weighted by molar-refractivity contribution is 6.07. The molecule has 0 radical (unpaired) electrons. The van der Waals surface area contributed by atoms with Crippen molar-refractivity contribution < 1.29 is 40.7 Å². The van der Waals surface area contributed by atoms with Gasteiger partial charge in [0, 0.05) is 17.8 Å². The van der Waals surface area contributed by atoms with Gasteiger partial charge < -0.3 is 9.64 Å². The van der Waals surface area contributed by atoms with Gasteiger partial charge in [0.2, 0.25) is 0 Å². The number of alkyl halides is 6. The summed E-state index contributed by atoms with van der Waals surface area (Å²) in [7, 11) is 1.24. The lowest BCUT2D eigenvalue weighted by Crippen LogP contribution is -2.32. The zero-order valence-electron chi connectivity index (χ0n) is 24.4. The minimum Gasteiger partial charge on any atom is -0.466 e. The van der Waals surface area contributed by atoms with Crippen molar-refractivity contribution in [3.05, 3.63) is 125 Å². The molecule has 234 valence electrons. The Bertz CT molecular complexity index is 1660. The number of carbonyl (C=O) groups is 2. The molecule has 0 fully saturated rings. The Balaban J connectivity index is 1.82. The highest BCUT2D eigenvalue weighted by Gasteiger charge is 2.37. The summed E-state index contributed by atoms with van der Waals surface area (Å²) in [6.45, 7) is 3.97. The molecule has 4 rings (SSSR count). The van der Waals surface area contributed by atoms with E-state index in [2.05, 4.69) is 4.98 Å². The highest BCUT2D eigenvalue weighted by atomic mass is 19.4. The summed E-state index contributed by atoms with van der Waals surface area (Å²) < 4.78 is 85.3. The number of hydrogen-bond donors (Lipinski definition) is 0. The number of aromatic nitrogens is 1. The monoisotopic (exact) mass is 626 g/mol. The normalized spacial score (nSPS) is 12.0. The smallest absolute Gasteiger partial charge is 0.416 e. The second kappa shape index (κ2) is 13.4. The zero-order chi connectivity index (χ0) is 32.9. The number of hydrogen-bond acceptors (Lipinski definition) is 4. The summed E-state index contributed by atoms with van der Waals surface area (Å²) in [6, 6.07) is 18.2. The van der Waals surface area contributed by atoms with Crippen LogP contribution >= 0.6 is 0 Å². The summed E-state index contributed by atoms with van der Waals surface area (Å²) in [5.74, 6) is -1.24. The minimum atomic E-state index is -5.01. The predicted molar refractivity (Wildman–Crippen MR) is 158 cm³/mol. The number of para-hydroxylation sites is 1. The summed E-state index contributed by atoms with van der Waals surface area (Å²) in [4.78, 5) is 31.7. The number of amides is 1. The Morgan fingerprint density at radius 3 is 2.02 bits per heavy atom. The molecule has 0 saturated carbocycles. The van der Waals surface area contributed by atoms with Crippen LogP contribution < -0.4 is 4.90 Å². The van der Waals surface area contributed by atoms with Gasteiger partial charge in [-0.15, -0.1) is 0 Å². The van der Waals surface area contributed by atoms with Crippen LogP contribution in [-0.4, -0.2) is 24.0 Å². The lowest BCUT2D eigenvalue weighted by Gasteiger charge is -2.28. The molecular formula is C34H28F6N2O3. The summed E-state index contributed by atoms with van der Waals surface area (Å²) in [6.07, 6.45) is -6.20. The third-order valence-corrected chi connectivity index (χ3v) is 6.92. The van der Waals surface area contributed by atoms with E-state index in [1.54, 1.807) is 12.1 Å². The molecule has 45 heavy (non-hydrogen) atoms. The Labute approximate surface area is 255 Å². The average Bonchev–Trinajstić information content (AvgIpc) is 3.01. The van der Waals surface area contributed by atoms with Crippen molar-refractivity contribution in [3.63, 3.8) is 0 Å². The van der Waals surface area contributed by atoms with Gasteiger partial charge in [-0.05, 0) is 58.5 Å². The zero-order valence-corrected chi connectivity index (χ0v) is 24.4. The quantitative estimate of drug-likeness (QED) is 0.111. The number of esters is 1. The molecule has 4 aromatic rings. The molecule has 0 saturated heterocycles. The van der Waals surface area contributed by atoms with Crippen molar-refractivity contribution in [2.24, 2.45) is 0 Å². The second-order valence-electron chi connectivity index (χ2n) is 10.4. The van der Waals surface area contributed by atoms with E-state index >= 15 is 0 Å². The first-order valence-electron chi connectivity index (χ1n) is 13.7. The predicted octanol–water partition coefficient (Wildman–Crippen LogP) is 8.94. The Morgan fingerprint density at radius 2 is 1.49 bits per heavy atom. The van der Waals surface area contributed by atoms with Crippen molar-refractivity contribution in [1.29, 1.82) is 0 Å². The van der Waals surface area contributed by atoms with Gasteiger partial charge in [0.1, 0.15) is 5.69 Å². The van der Waals surface area contributed by atoms with Gasteiger partial charge in [-0.1, -0.05) is 68.4 Å². The number of ether oxygens (including phenoxy) is 1. The van der Waals surface area contributed by atoms with Gasteiger partial charge in [0.05, 0.1) is 30.5 Å². The van der Waals surface area contributed by atoms with Crippen LogP contribution in [0.25, 0.3) is 17.2 Å². The fourth-order valence-corrected chi connectivity index (χ4v) is 4.69. The number of carbonyl (C=O) groups excluding carboxylic acids is 2. The SMILES string of the molecule is COC(=O)/C=C/c1cccc(C(C)C)c1N(Cc1ccccc1)C(=O)c1ccc(-c2cc(C(F)(F)F)cc(C(F)(F)F)c2)cn1. The summed E-state index contributed by atoms with van der Waals surface area (Å²) in [5.41, 5.74) is -0.819. The van der Waals surface area contributed by atoms with Crippen LogP contribution in [0.5, 0.6) is 0 Å². The molecule has 1 amide bonds. The van der Waals surface area contributed by atoms with Gasteiger partial charge in [-0.2, -0.15) is 26.3 Å². The molecule has 0 atom stereocenters. The molecule has 1 heterocycles. The average molecular weight is 627 g/mol. The maximum Gasteiger partial charge on any atom is 0.416 e. The molecule has 3 aromatic carbocycles. The molecule has 0 aliphatic carbocycles. The second-order valence-corrected chi connectivity index (χ2v) is 10.4. The standard InChI is InChI=1S/C34H28F6N2O3/c1-21(2)28-11-7-10-23(13-15-30(43)45-3)31(28)42(20-22-8-5-4-6-9-22)32(44)29-14-12-24(19-41-29)25-16-26(33(35,36)37)18-27(17-25)34(38,39)40/h4-19,21H,20H2,1-3H3/b15-13+. The fraction of sp³-hybridized carbons (Fsp3) is 0.206. The van der Waals surface area contributed by atoms with Gasteiger partial charge in [0.25, 0.3) is 5.91 Å². The molecule has 5 nitrogen and oxygen atoms in total. The maximum absolute atomic E-state index is 14.1. The molecule has 0 bridgehead atoms. The van der Waals surface area contributed by atoms with Gasteiger partial charge >= 0.3 is 18.3 Å². The maximum atomic E-state index is 14.1. The first kappa shape index (κ1) is 33.0. The number of pyridine rings is 1. The molecule has 0 spiro atoms. The van der Waals surface area contributed by atoms with Crippen LogP contribution in [0.4, 0.5) is 32.0 Å². The molecule has 0 N–H and O–H groups in total. The molecule has 11 heteroatoms. The van der Waals surface area contributed by atoms with E-state index < -0.39 is 35.4 Å². The number of nitrogens with zero attached hydrogens (tertiary/aromatic N) is 2. The van der Waals surface area contributed by atoms with Gasteiger partial charge in [-0.25, -0.2) is 4.79 Å². The van der Waals surface area contributed by atoms with Crippen molar-refractivity contribution in [3.8, 4) is 11.1 Å². The number of methoxy groups -OCH3 is 1. The number of anilines is 1. The van der Waals surface area contributed by atoms with E-state index in [9.17, 15) is 35.9 Å². The third kappa shape index (κ3) is 7.97. The van der Waals surface area contributed by atoms with Crippen LogP contribution in [0.2, 0.25) is 0 Å². The van der Waals surface area contributed by atoms with Gasteiger partial charge in [0.15, 0.2) is 0 Å². The highest BCUT2D eigenvalue weighted by Crippen LogP contribution is 2.39. The first-order chi connectivity index (χ1) is 21.2. The van der Waals surface area contributed by atoms with E-state index in [-0.39, 0.29) is 35.3 Å². The molecule has 1 aromatic heterocycles.